The van der Waals surface area contributed by atoms with E-state index in [1.54, 1.807) is 24.3 Å². The molecule has 4 aromatic rings. The van der Waals surface area contributed by atoms with Gasteiger partial charge in [0.15, 0.2) is 6.61 Å². The maximum atomic E-state index is 12.3. The Hall–Kier alpha value is -2.83. The SMILES string of the molecule is O=C(COc1ccc(Cl)cc1)NCc1nc2ccccc2n1Cc1cccc(Br)c1. The fourth-order valence-electron chi connectivity index (χ4n) is 3.16. The van der Waals surface area contributed by atoms with Crippen molar-refractivity contribution in [1.82, 2.24) is 14.9 Å². The maximum Gasteiger partial charge on any atom is 0.258 e. The van der Waals surface area contributed by atoms with Gasteiger partial charge < -0.3 is 14.6 Å². The highest BCUT2D eigenvalue weighted by molar-refractivity contribution is 9.10. The summed E-state index contributed by atoms with van der Waals surface area (Å²) in [6.07, 6.45) is 0. The number of benzene rings is 3. The zero-order valence-electron chi connectivity index (χ0n) is 16.0. The Morgan fingerprint density at radius 2 is 1.87 bits per heavy atom. The summed E-state index contributed by atoms with van der Waals surface area (Å²) in [5, 5.41) is 3.52. The van der Waals surface area contributed by atoms with Crippen molar-refractivity contribution in [3.8, 4) is 5.75 Å². The average Bonchev–Trinajstić information content (AvgIpc) is 3.09. The fourth-order valence-corrected chi connectivity index (χ4v) is 3.74. The van der Waals surface area contributed by atoms with Gasteiger partial charge in [0, 0.05) is 16.0 Å². The lowest BCUT2D eigenvalue weighted by atomic mass is 10.2. The Kier molecular flexibility index (Phi) is 6.35. The van der Waals surface area contributed by atoms with Gasteiger partial charge >= 0.3 is 0 Å². The van der Waals surface area contributed by atoms with Crippen LogP contribution in [0.2, 0.25) is 5.02 Å². The van der Waals surface area contributed by atoms with Crippen molar-refractivity contribution >= 4 is 44.5 Å². The van der Waals surface area contributed by atoms with Crippen LogP contribution < -0.4 is 10.1 Å². The van der Waals surface area contributed by atoms with Crippen LogP contribution in [-0.2, 0) is 17.9 Å². The first-order chi connectivity index (χ1) is 14.6. The molecular formula is C23H19BrClN3O2. The smallest absolute Gasteiger partial charge is 0.258 e. The molecule has 0 aliphatic rings. The van der Waals surface area contributed by atoms with Crippen molar-refractivity contribution in [2.45, 2.75) is 13.1 Å². The predicted molar refractivity (Wildman–Crippen MR) is 122 cm³/mol. The number of nitrogens with zero attached hydrogens (tertiary/aromatic N) is 2. The third-order valence-corrected chi connectivity index (χ3v) is 5.34. The molecule has 0 saturated carbocycles. The third kappa shape index (κ3) is 5.01. The molecule has 0 spiro atoms. The van der Waals surface area contributed by atoms with Gasteiger partial charge in [-0.3, -0.25) is 4.79 Å². The van der Waals surface area contributed by atoms with Crippen molar-refractivity contribution in [1.29, 1.82) is 0 Å². The van der Waals surface area contributed by atoms with Crippen LogP contribution in [0.1, 0.15) is 11.4 Å². The molecule has 0 bridgehead atoms. The molecule has 4 rings (SSSR count). The largest absolute Gasteiger partial charge is 0.484 e. The molecule has 0 unspecified atom stereocenters. The normalized spacial score (nSPS) is 10.9. The highest BCUT2D eigenvalue weighted by atomic mass is 79.9. The number of carbonyl (C=O) groups is 1. The molecule has 1 heterocycles. The average molecular weight is 485 g/mol. The molecule has 1 amide bonds. The minimum atomic E-state index is -0.217. The van der Waals surface area contributed by atoms with E-state index in [0.29, 0.717) is 23.9 Å². The zero-order valence-corrected chi connectivity index (χ0v) is 18.4. The first kappa shape index (κ1) is 20.4. The number of hydrogen-bond acceptors (Lipinski definition) is 3. The minimum absolute atomic E-state index is 0.0759. The second-order valence-electron chi connectivity index (χ2n) is 6.75. The molecule has 0 aliphatic carbocycles. The van der Waals surface area contributed by atoms with Gasteiger partial charge in [0.25, 0.3) is 5.91 Å². The van der Waals surface area contributed by atoms with Gasteiger partial charge in [-0.1, -0.05) is 51.8 Å². The Morgan fingerprint density at radius 3 is 2.67 bits per heavy atom. The fraction of sp³-hybridized carbons (Fsp3) is 0.130. The number of nitrogens with one attached hydrogen (secondary N) is 1. The van der Waals surface area contributed by atoms with Crippen molar-refractivity contribution in [3.05, 3.63) is 93.7 Å². The number of para-hydroxylation sites is 2. The summed E-state index contributed by atoms with van der Waals surface area (Å²) in [6, 6.07) is 23.0. The van der Waals surface area contributed by atoms with Crippen LogP contribution in [0, 0.1) is 0 Å². The number of halogens is 2. The summed E-state index contributed by atoms with van der Waals surface area (Å²) in [5.74, 6) is 1.17. The number of ether oxygens (including phenoxy) is 1. The Morgan fingerprint density at radius 1 is 1.07 bits per heavy atom. The standard InChI is InChI=1S/C23H19BrClN3O2/c24-17-5-3-4-16(12-17)14-28-21-7-2-1-6-20(21)27-22(28)13-26-23(29)15-30-19-10-8-18(25)9-11-19/h1-12H,13-15H2,(H,26,29). The maximum absolute atomic E-state index is 12.3. The molecule has 0 saturated heterocycles. The Balaban J connectivity index is 1.46. The van der Waals surface area contributed by atoms with Crippen LogP contribution in [0.5, 0.6) is 5.75 Å². The molecule has 152 valence electrons. The van der Waals surface area contributed by atoms with E-state index in [1.165, 1.54) is 0 Å². The van der Waals surface area contributed by atoms with Crippen LogP contribution in [-0.4, -0.2) is 22.1 Å². The molecule has 3 aromatic carbocycles. The molecule has 7 heteroatoms. The number of hydrogen-bond donors (Lipinski definition) is 1. The summed E-state index contributed by atoms with van der Waals surface area (Å²) in [4.78, 5) is 17.0. The number of amides is 1. The minimum Gasteiger partial charge on any atom is -0.484 e. The molecule has 1 N–H and O–H groups in total. The quantitative estimate of drug-likeness (QED) is 0.392. The number of rotatable bonds is 7. The highest BCUT2D eigenvalue weighted by Crippen LogP contribution is 2.20. The van der Waals surface area contributed by atoms with Crippen molar-refractivity contribution in [3.63, 3.8) is 0 Å². The molecule has 0 atom stereocenters. The number of imidazole rings is 1. The molecule has 0 aliphatic heterocycles. The lowest BCUT2D eigenvalue weighted by Gasteiger charge is -2.11. The van der Waals surface area contributed by atoms with E-state index in [2.05, 4.69) is 37.9 Å². The van der Waals surface area contributed by atoms with Gasteiger partial charge in [-0.15, -0.1) is 0 Å². The van der Waals surface area contributed by atoms with E-state index in [0.717, 1.165) is 26.9 Å². The van der Waals surface area contributed by atoms with Gasteiger partial charge in [0.1, 0.15) is 11.6 Å². The van der Waals surface area contributed by atoms with Crippen LogP contribution in [0.4, 0.5) is 0 Å². The molecule has 0 fully saturated rings. The van der Waals surface area contributed by atoms with Crippen LogP contribution >= 0.6 is 27.5 Å². The summed E-state index contributed by atoms with van der Waals surface area (Å²) in [6.45, 7) is 0.894. The molecular weight excluding hydrogens is 466 g/mol. The summed E-state index contributed by atoms with van der Waals surface area (Å²) in [7, 11) is 0. The first-order valence-corrected chi connectivity index (χ1v) is 10.6. The monoisotopic (exact) mass is 483 g/mol. The van der Waals surface area contributed by atoms with Gasteiger partial charge in [-0.05, 0) is 54.1 Å². The van der Waals surface area contributed by atoms with E-state index in [9.17, 15) is 4.79 Å². The topological polar surface area (TPSA) is 56.1 Å². The second-order valence-corrected chi connectivity index (χ2v) is 8.10. The van der Waals surface area contributed by atoms with Gasteiger partial charge in [-0.25, -0.2) is 4.98 Å². The van der Waals surface area contributed by atoms with Crippen molar-refractivity contribution in [2.75, 3.05) is 6.61 Å². The van der Waals surface area contributed by atoms with Crippen LogP contribution in [0.3, 0.4) is 0 Å². The first-order valence-electron chi connectivity index (χ1n) is 9.42. The molecule has 30 heavy (non-hydrogen) atoms. The van der Waals surface area contributed by atoms with Gasteiger partial charge in [0.2, 0.25) is 0 Å². The third-order valence-electron chi connectivity index (χ3n) is 4.59. The molecule has 0 radical (unpaired) electrons. The van der Waals surface area contributed by atoms with E-state index < -0.39 is 0 Å². The van der Waals surface area contributed by atoms with Crippen molar-refractivity contribution in [2.24, 2.45) is 0 Å². The number of carbonyl (C=O) groups excluding carboxylic acids is 1. The summed E-state index contributed by atoms with van der Waals surface area (Å²) >= 11 is 9.38. The Bertz CT molecular complexity index is 1170. The van der Waals surface area contributed by atoms with Crippen LogP contribution in [0.25, 0.3) is 11.0 Å². The van der Waals surface area contributed by atoms with E-state index in [-0.39, 0.29) is 12.5 Å². The molecule has 1 aromatic heterocycles. The van der Waals surface area contributed by atoms with Gasteiger partial charge in [-0.2, -0.15) is 0 Å². The highest BCUT2D eigenvalue weighted by Gasteiger charge is 2.12. The second kappa shape index (κ2) is 9.32. The number of fused-ring (bicyclic) bond motifs is 1. The Labute approximate surface area is 187 Å². The van der Waals surface area contributed by atoms with Crippen LogP contribution in [0.15, 0.2) is 77.3 Å². The number of aromatic nitrogens is 2. The lowest BCUT2D eigenvalue weighted by molar-refractivity contribution is -0.123. The van der Waals surface area contributed by atoms with Crippen molar-refractivity contribution < 1.29 is 9.53 Å². The van der Waals surface area contributed by atoms with Gasteiger partial charge in [0.05, 0.1) is 17.6 Å². The predicted octanol–water partition coefficient (Wildman–Crippen LogP) is 5.20. The van der Waals surface area contributed by atoms with E-state index in [4.69, 9.17) is 21.3 Å². The zero-order chi connectivity index (χ0) is 20.9. The van der Waals surface area contributed by atoms with E-state index >= 15 is 0 Å². The lowest BCUT2D eigenvalue weighted by Crippen LogP contribution is -2.29. The van der Waals surface area contributed by atoms with E-state index in [1.807, 2.05) is 36.4 Å². The summed E-state index contributed by atoms with van der Waals surface area (Å²) < 4.78 is 8.66. The molecule has 5 nitrogen and oxygen atoms in total. The summed E-state index contributed by atoms with van der Waals surface area (Å²) in [5.41, 5.74) is 3.07.